The van der Waals surface area contributed by atoms with E-state index in [1.807, 2.05) is 0 Å². The molecule has 2 nitrogen and oxygen atoms in total. The smallest absolute Gasteiger partial charge is 0.0702 e. The molecule has 0 saturated carbocycles. The predicted molar refractivity (Wildman–Crippen MR) is 78.9 cm³/mol. The average molecular weight is 255 g/mol. The summed E-state index contributed by atoms with van der Waals surface area (Å²) in [5.41, 5.74) is 0.131. The van der Waals surface area contributed by atoms with Gasteiger partial charge in [-0.1, -0.05) is 34.6 Å². The van der Waals surface area contributed by atoms with Crippen LogP contribution >= 0.6 is 0 Å². The highest BCUT2D eigenvalue weighted by molar-refractivity contribution is 4.91. The molecule has 1 N–H and O–H groups in total. The fourth-order valence-electron chi connectivity index (χ4n) is 3.41. The monoisotopic (exact) mass is 255 g/mol. The Labute approximate surface area is 114 Å². The van der Waals surface area contributed by atoms with Crippen molar-refractivity contribution in [3.63, 3.8) is 0 Å². The highest BCUT2D eigenvalue weighted by Crippen LogP contribution is 2.36. The third-order valence-corrected chi connectivity index (χ3v) is 3.74. The van der Waals surface area contributed by atoms with Gasteiger partial charge in [0.15, 0.2) is 0 Å². The second-order valence-electron chi connectivity index (χ2n) is 6.87. The molecule has 0 aromatic heterocycles. The van der Waals surface area contributed by atoms with Gasteiger partial charge in [0, 0.05) is 12.6 Å². The highest BCUT2D eigenvalue weighted by Gasteiger charge is 2.38. The molecular formula is C16H33NO. The summed E-state index contributed by atoms with van der Waals surface area (Å²) < 4.78 is 6.26. The van der Waals surface area contributed by atoms with Crippen molar-refractivity contribution in [2.75, 3.05) is 13.2 Å². The second-order valence-corrected chi connectivity index (χ2v) is 6.87. The van der Waals surface area contributed by atoms with Gasteiger partial charge in [0.2, 0.25) is 0 Å². The quantitative estimate of drug-likeness (QED) is 0.742. The minimum absolute atomic E-state index is 0.131. The zero-order valence-electron chi connectivity index (χ0n) is 13.1. The van der Waals surface area contributed by atoms with Crippen molar-refractivity contribution >= 4 is 0 Å². The Morgan fingerprint density at radius 1 is 1.17 bits per heavy atom. The Bertz CT molecular complexity index is 215. The Hall–Kier alpha value is -0.0800. The van der Waals surface area contributed by atoms with Crippen LogP contribution in [-0.4, -0.2) is 24.8 Å². The van der Waals surface area contributed by atoms with E-state index in [-0.39, 0.29) is 5.60 Å². The average Bonchev–Trinajstić information content (AvgIpc) is 2.24. The van der Waals surface area contributed by atoms with E-state index in [9.17, 15) is 0 Å². The lowest BCUT2D eigenvalue weighted by molar-refractivity contribution is -0.111. The minimum Gasteiger partial charge on any atom is -0.375 e. The van der Waals surface area contributed by atoms with E-state index >= 15 is 0 Å². The van der Waals surface area contributed by atoms with E-state index in [4.69, 9.17) is 4.74 Å². The van der Waals surface area contributed by atoms with Crippen molar-refractivity contribution in [3.05, 3.63) is 0 Å². The van der Waals surface area contributed by atoms with Crippen LogP contribution in [0.3, 0.4) is 0 Å². The van der Waals surface area contributed by atoms with Gasteiger partial charge >= 0.3 is 0 Å². The predicted octanol–water partition coefficient (Wildman–Crippen LogP) is 4.00. The maximum Gasteiger partial charge on any atom is 0.0702 e. The van der Waals surface area contributed by atoms with Gasteiger partial charge in [-0.05, 0) is 50.5 Å². The molecule has 1 fully saturated rings. The summed E-state index contributed by atoms with van der Waals surface area (Å²) in [6.07, 6.45) is 6.00. The van der Waals surface area contributed by atoms with Crippen LogP contribution in [0.1, 0.15) is 66.7 Å². The fraction of sp³-hybridized carbons (Fsp3) is 1.00. The van der Waals surface area contributed by atoms with Gasteiger partial charge in [-0.2, -0.15) is 0 Å². The topological polar surface area (TPSA) is 21.3 Å². The fourth-order valence-corrected chi connectivity index (χ4v) is 3.41. The first kappa shape index (κ1) is 16.0. The van der Waals surface area contributed by atoms with E-state index in [0.29, 0.717) is 17.9 Å². The second kappa shape index (κ2) is 7.49. The van der Waals surface area contributed by atoms with Gasteiger partial charge in [0.05, 0.1) is 5.60 Å². The van der Waals surface area contributed by atoms with Crippen molar-refractivity contribution in [3.8, 4) is 0 Å². The molecule has 1 aliphatic rings. The molecule has 1 atom stereocenters. The van der Waals surface area contributed by atoms with E-state index in [1.54, 1.807) is 0 Å². The van der Waals surface area contributed by atoms with Crippen molar-refractivity contribution in [1.29, 1.82) is 0 Å². The molecule has 0 radical (unpaired) electrons. The first-order valence-electron chi connectivity index (χ1n) is 7.85. The number of ether oxygens (including phenoxy) is 1. The minimum atomic E-state index is 0.131. The summed E-state index contributed by atoms with van der Waals surface area (Å²) in [4.78, 5) is 0. The summed E-state index contributed by atoms with van der Waals surface area (Å²) in [7, 11) is 0. The van der Waals surface area contributed by atoms with Crippen LogP contribution < -0.4 is 5.32 Å². The van der Waals surface area contributed by atoms with E-state index in [0.717, 1.165) is 13.2 Å². The first-order valence-corrected chi connectivity index (χ1v) is 7.85. The molecule has 1 heterocycles. The molecule has 0 aromatic rings. The molecule has 1 aliphatic heterocycles. The molecule has 0 aromatic carbocycles. The molecule has 0 amide bonds. The van der Waals surface area contributed by atoms with Crippen LogP contribution in [0.15, 0.2) is 0 Å². The third kappa shape index (κ3) is 5.27. The molecule has 0 spiro atoms. The lowest BCUT2D eigenvalue weighted by Crippen LogP contribution is -2.48. The molecule has 1 rings (SSSR count). The third-order valence-electron chi connectivity index (χ3n) is 3.74. The van der Waals surface area contributed by atoms with Crippen LogP contribution in [0, 0.1) is 11.8 Å². The number of rotatable bonds is 7. The SMILES string of the molecule is CCCNC1CCOC(CC(C)C)(CC(C)C)C1. The zero-order chi connectivity index (χ0) is 13.6. The van der Waals surface area contributed by atoms with Gasteiger partial charge in [-0.25, -0.2) is 0 Å². The van der Waals surface area contributed by atoms with Crippen LogP contribution in [0.4, 0.5) is 0 Å². The first-order chi connectivity index (χ1) is 8.47. The molecule has 1 saturated heterocycles. The maximum atomic E-state index is 6.26. The Morgan fingerprint density at radius 2 is 1.78 bits per heavy atom. The molecule has 0 bridgehead atoms. The summed E-state index contributed by atoms with van der Waals surface area (Å²) in [6.45, 7) is 13.6. The molecule has 18 heavy (non-hydrogen) atoms. The lowest BCUT2D eigenvalue weighted by atomic mass is 9.78. The van der Waals surface area contributed by atoms with Crippen molar-refractivity contribution < 1.29 is 4.74 Å². The van der Waals surface area contributed by atoms with E-state index in [1.165, 1.54) is 32.1 Å². The maximum absolute atomic E-state index is 6.26. The summed E-state index contributed by atoms with van der Waals surface area (Å²) in [5.74, 6) is 1.43. The normalized spacial score (nSPS) is 23.8. The summed E-state index contributed by atoms with van der Waals surface area (Å²) in [6, 6.07) is 0.663. The van der Waals surface area contributed by atoms with Crippen molar-refractivity contribution in [2.45, 2.75) is 78.4 Å². The largest absolute Gasteiger partial charge is 0.375 e. The number of hydrogen-bond donors (Lipinski definition) is 1. The Balaban J connectivity index is 2.63. The molecular weight excluding hydrogens is 222 g/mol. The summed E-state index contributed by atoms with van der Waals surface area (Å²) in [5, 5.41) is 3.69. The summed E-state index contributed by atoms with van der Waals surface area (Å²) >= 11 is 0. The molecule has 0 aliphatic carbocycles. The molecule has 2 heteroatoms. The lowest BCUT2D eigenvalue weighted by Gasteiger charge is -2.43. The van der Waals surface area contributed by atoms with Crippen LogP contribution in [0.25, 0.3) is 0 Å². The number of hydrogen-bond acceptors (Lipinski definition) is 2. The van der Waals surface area contributed by atoms with Gasteiger partial charge in [-0.15, -0.1) is 0 Å². The highest BCUT2D eigenvalue weighted by atomic mass is 16.5. The van der Waals surface area contributed by atoms with Crippen LogP contribution in [-0.2, 0) is 4.74 Å². The molecule has 1 unspecified atom stereocenters. The standard InChI is InChI=1S/C16H33NO/c1-6-8-17-15-7-9-18-16(12-15,10-13(2)3)11-14(4)5/h13-15,17H,6-12H2,1-5H3. The zero-order valence-corrected chi connectivity index (χ0v) is 13.1. The van der Waals surface area contributed by atoms with Gasteiger partial charge < -0.3 is 10.1 Å². The Morgan fingerprint density at radius 3 is 2.28 bits per heavy atom. The van der Waals surface area contributed by atoms with Crippen molar-refractivity contribution in [1.82, 2.24) is 5.32 Å². The Kier molecular flexibility index (Phi) is 6.65. The van der Waals surface area contributed by atoms with Crippen molar-refractivity contribution in [2.24, 2.45) is 11.8 Å². The van der Waals surface area contributed by atoms with Gasteiger partial charge in [0.1, 0.15) is 0 Å². The van der Waals surface area contributed by atoms with E-state index in [2.05, 4.69) is 39.9 Å². The number of nitrogens with one attached hydrogen (secondary N) is 1. The van der Waals surface area contributed by atoms with Crippen LogP contribution in [0.5, 0.6) is 0 Å². The van der Waals surface area contributed by atoms with E-state index < -0.39 is 0 Å². The van der Waals surface area contributed by atoms with Gasteiger partial charge in [-0.3, -0.25) is 0 Å². The van der Waals surface area contributed by atoms with Crippen LogP contribution in [0.2, 0.25) is 0 Å². The molecule has 108 valence electrons. The van der Waals surface area contributed by atoms with Gasteiger partial charge in [0.25, 0.3) is 0 Å².